The standard InChI is InChI=1S/2C6H12O2.2C6H13.Sn/c2*1-2-3-4-5-6(7)8;2*1-3-5-6-4-2;/h2*2-5H2,1H3,(H,7,8);2*1,3-6H2,2H3;/q;;;;+2/p-2. The topological polar surface area (TPSA) is 80.3 Å². The molecule has 4 nitrogen and oxygen atoms in total. The molecular formula is C24H48O4Sn. The van der Waals surface area contributed by atoms with Gasteiger partial charge in [-0.1, -0.05) is 39.5 Å². The summed E-state index contributed by atoms with van der Waals surface area (Å²) < 4.78 is 3.30. The van der Waals surface area contributed by atoms with E-state index in [2.05, 4.69) is 13.8 Å². The molecule has 0 saturated carbocycles. The molecule has 172 valence electrons. The van der Waals surface area contributed by atoms with E-state index in [-0.39, 0.29) is 34.0 Å². The van der Waals surface area contributed by atoms with Gasteiger partial charge in [-0.3, -0.25) is 0 Å². The first-order valence-electron chi connectivity index (χ1n) is 12.1. The van der Waals surface area contributed by atoms with Crippen LogP contribution in [0.2, 0.25) is 8.87 Å². The predicted octanol–water partition coefficient (Wildman–Crippen LogP) is 5.32. The molecule has 0 aliphatic rings. The molecule has 0 aliphatic carbocycles. The van der Waals surface area contributed by atoms with Gasteiger partial charge in [-0.25, -0.2) is 0 Å². The summed E-state index contributed by atoms with van der Waals surface area (Å²) in [5.74, 6) is -1.86. The molecule has 0 saturated heterocycles. The average molecular weight is 519 g/mol. The maximum absolute atomic E-state index is 9.76. The first-order valence-corrected chi connectivity index (χ1v) is 16.1. The fraction of sp³-hybridized carbons (Fsp3) is 0.917. The molecule has 0 heterocycles. The third-order valence-corrected chi connectivity index (χ3v) is 8.42. The predicted molar refractivity (Wildman–Crippen MR) is 122 cm³/mol. The number of hydrogen-bond donors (Lipinski definition) is 0. The van der Waals surface area contributed by atoms with Crippen molar-refractivity contribution in [2.45, 2.75) is 139 Å². The molecule has 0 rings (SSSR count). The minimum atomic E-state index is -0.932. The van der Waals surface area contributed by atoms with Crippen LogP contribution in [-0.4, -0.2) is 33.1 Å². The molecule has 0 aliphatic heterocycles. The molecule has 0 N–H and O–H groups in total. The van der Waals surface area contributed by atoms with Gasteiger partial charge in [0.05, 0.1) is 0 Å². The molecule has 0 aromatic rings. The Bertz CT molecular complexity index is 292. The van der Waals surface area contributed by atoms with Crippen LogP contribution in [0.4, 0.5) is 0 Å². The van der Waals surface area contributed by atoms with Crippen molar-refractivity contribution in [3.63, 3.8) is 0 Å². The van der Waals surface area contributed by atoms with Crippen LogP contribution in [0, 0.1) is 0 Å². The van der Waals surface area contributed by atoms with E-state index in [1.54, 1.807) is 21.7 Å². The Morgan fingerprint density at radius 3 is 1.10 bits per heavy atom. The van der Waals surface area contributed by atoms with Gasteiger partial charge in [0.1, 0.15) is 0 Å². The fourth-order valence-corrected chi connectivity index (χ4v) is 6.08. The molecule has 5 heteroatoms. The molecule has 0 spiro atoms. The monoisotopic (exact) mass is 520 g/mol. The van der Waals surface area contributed by atoms with Gasteiger partial charge in [0.15, 0.2) is 0 Å². The van der Waals surface area contributed by atoms with Crippen molar-refractivity contribution in [3.8, 4) is 0 Å². The summed E-state index contributed by atoms with van der Waals surface area (Å²) >= 11 is 0.104. The zero-order chi connectivity index (χ0) is 22.6. The van der Waals surface area contributed by atoms with Crippen LogP contribution in [-0.2, 0) is 9.59 Å². The molecule has 0 unspecified atom stereocenters. The number of carboxylic acid groups (broad SMARTS) is 2. The number of carbonyl (C=O) groups is 2. The van der Waals surface area contributed by atoms with Gasteiger partial charge >= 0.3 is 95.2 Å². The number of carboxylic acids is 2. The molecule has 0 aromatic carbocycles. The third-order valence-electron chi connectivity index (χ3n) is 4.38. The summed E-state index contributed by atoms with van der Waals surface area (Å²) in [5.41, 5.74) is 0. The summed E-state index contributed by atoms with van der Waals surface area (Å²) in [7, 11) is 0. The first-order chi connectivity index (χ1) is 14.0. The van der Waals surface area contributed by atoms with E-state index in [0.717, 1.165) is 38.5 Å². The van der Waals surface area contributed by atoms with E-state index in [0.29, 0.717) is 0 Å². The Morgan fingerprint density at radius 1 is 0.517 bits per heavy atom. The van der Waals surface area contributed by atoms with E-state index < -0.39 is 11.9 Å². The third kappa shape index (κ3) is 47.2. The van der Waals surface area contributed by atoms with E-state index in [4.69, 9.17) is 0 Å². The van der Waals surface area contributed by atoms with Gasteiger partial charge in [-0.05, 0) is 25.7 Å². The quantitative estimate of drug-likeness (QED) is 0.181. The van der Waals surface area contributed by atoms with Crippen molar-refractivity contribution < 1.29 is 19.8 Å². The zero-order valence-corrected chi connectivity index (χ0v) is 22.7. The molecule has 0 atom stereocenters. The summed E-state index contributed by atoms with van der Waals surface area (Å²) in [6, 6.07) is 0. The summed E-state index contributed by atoms with van der Waals surface area (Å²) in [6.45, 7) is 8.67. The molecule has 0 fully saturated rings. The van der Waals surface area contributed by atoms with Gasteiger partial charge in [0, 0.05) is 11.9 Å². The van der Waals surface area contributed by atoms with Gasteiger partial charge < -0.3 is 19.8 Å². The van der Waals surface area contributed by atoms with Crippen molar-refractivity contribution in [1.29, 1.82) is 0 Å². The van der Waals surface area contributed by atoms with Crippen LogP contribution in [0.15, 0.2) is 0 Å². The van der Waals surface area contributed by atoms with Crippen LogP contribution >= 0.6 is 0 Å². The number of carbonyl (C=O) groups excluding carboxylic acids is 2. The Labute approximate surface area is 191 Å². The van der Waals surface area contributed by atoms with Gasteiger partial charge in [0.25, 0.3) is 0 Å². The Kier molecular flexibility index (Phi) is 37.3. The second-order valence-electron chi connectivity index (χ2n) is 7.53. The van der Waals surface area contributed by atoms with E-state index in [9.17, 15) is 19.8 Å². The van der Waals surface area contributed by atoms with Crippen molar-refractivity contribution in [3.05, 3.63) is 0 Å². The van der Waals surface area contributed by atoms with Crippen molar-refractivity contribution in [1.82, 2.24) is 0 Å². The first kappa shape index (κ1) is 33.4. The fourth-order valence-electron chi connectivity index (χ4n) is 2.52. The number of hydrogen-bond acceptors (Lipinski definition) is 4. The zero-order valence-electron chi connectivity index (χ0n) is 19.9. The second kappa shape index (κ2) is 32.4. The van der Waals surface area contributed by atoms with Crippen molar-refractivity contribution >= 4 is 33.1 Å². The van der Waals surface area contributed by atoms with Crippen LogP contribution < -0.4 is 10.2 Å². The van der Waals surface area contributed by atoms with Crippen molar-refractivity contribution in [2.75, 3.05) is 0 Å². The van der Waals surface area contributed by atoms with E-state index in [1.807, 2.05) is 13.8 Å². The van der Waals surface area contributed by atoms with E-state index in [1.165, 1.54) is 38.5 Å². The number of rotatable bonds is 18. The molecular weight excluding hydrogens is 471 g/mol. The van der Waals surface area contributed by atoms with Crippen LogP contribution in [0.3, 0.4) is 0 Å². The molecule has 29 heavy (non-hydrogen) atoms. The van der Waals surface area contributed by atoms with Crippen molar-refractivity contribution in [2.24, 2.45) is 0 Å². The van der Waals surface area contributed by atoms with Gasteiger partial charge in [-0.2, -0.15) is 0 Å². The molecule has 0 amide bonds. The SMILES string of the molecule is CCCCCC(=O)[O-].CCCCCC(=O)[O-].CCCCC[CH2][Sn+2][CH2]CCCCC. The maximum atomic E-state index is 9.76. The normalized spacial score (nSPS) is 9.52. The summed E-state index contributed by atoms with van der Waals surface area (Å²) in [6.07, 6.45) is 17.9. The van der Waals surface area contributed by atoms with Gasteiger partial charge in [0.2, 0.25) is 0 Å². The second-order valence-corrected chi connectivity index (χ2v) is 11.8. The molecule has 0 aromatic heterocycles. The molecule has 0 bridgehead atoms. The van der Waals surface area contributed by atoms with Gasteiger partial charge in [-0.15, -0.1) is 0 Å². The number of aliphatic carboxylic acids is 2. The summed E-state index contributed by atoms with van der Waals surface area (Å²) in [5, 5.41) is 19.5. The van der Waals surface area contributed by atoms with Crippen LogP contribution in [0.5, 0.6) is 0 Å². The Hall–Kier alpha value is -0.261. The average Bonchev–Trinajstić information content (AvgIpc) is 2.68. The summed E-state index contributed by atoms with van der Waals surface area (Å²) in [4.78, 5) is 19.5. The Balaban J connectivity index is -0.000000368. The van der Waals surface area contributed by atoms with Crippen LogP contribution in [0.25, 0.3) is 0 Å². The minimum absolute atomic E-state index is 0.104. The number of unbranched alkanes of at least 4 members (excludes halogenated alkanes) is 10. The van der Waals surface area contributed by atoms with E-state index >= 15 is 0 Å². The van der Waals surface area contributed by atoms with Crippen LogP contribution in [0.1, 0.15) is 130 Å². The molecule has 0 radical (unpaired) electrons. The Morgan fingerprint density at radius 2 is 0.828 bits per heavy atom.